The molecule has 1 unspecified atom stereocenters. The monoisotopic (exact) mass is 425 g/mol. The van der Waals surface area contributed by atoms with E-state index in [2.05, 4.69) is 22.9 Å². The van der Waals surface area contributed by atoms with Gasteiger partial charge in [-0.3, -0.25) is 9.59 Å². The Kier molecular flexibility index (Phi) is 10.4. The van der Waals surface area contributed by atoms with Crippen LogP contribution in [0, 0.1) is 0 Å². The van der Waals surface area contributed by atoms with Crippen molar-refractivity contribution in [2.45, 2.75) is 58.9 Å². The van der Waals surface area contributed by atoms with Gasteiger partial charge in [0, 0.05) is 29.0 Å². The Morgan fingerprint density at radius 3 is 2.45 bits per heavy atom. The summed E-state index contributed by atoms with van der Waals surface area (Å²) in [7, 11) is 0. The molecule has 0 saturated carbocycles. The first-order valence-electron chi connectivity index (χ1n) is 11.2. The number of carbonyl (C=O) groups is 2. The summed E-state index contributed by atoms with van der Waals surface area (Å²) in [5, 5.41) is 8.88. The quantitative estimate of drug-likeness (QED) is 0.384. The number of hydrogen-bond donors (Lipinski definition) is 3. The van der Waals surface area contributed by atoms with Crippen LogP contribution in [-0.4, -0.2) is 31.0 Å². The Labute approximate surface area is 185 Å². The average Bonchev–Trinajstić information content (AvgIpc) is 2.78. The number of anilines is 2. The second kappa shape index (κ2) is 13.3. The summed E-state index contributed by atoms with van der Waals surface area (Å²) >= 11 is 0. The van der Waals surface area contributed by atoms with E-state index in [0.29, 0.717) is 17.9 Å². The Hall–Kier alpha value is -3.02. The molecule has 31 heavy (non-hydrogen) atoms. The first-order chi connectivity index (χ1) is 15.0. The van der Waals surface area contributed by atoms with Crippen molar-refractivity contribution in [3.8, 4) is 5.75 Å². The average molecular weight is 426 g/mol. The molecule has 1 atom stereocenters. The number of carbonyl (C=O) groups excluding carboxylic acids is 2. The molecule has 3 N–H and O–H groups in total. The highest BCUT2D eigenvalue weighted by Crippen LogP contribution is 2.18. The number of amides is 2. The van der Waals surface area contributed by atoms with E-state index in [0.717, 1.165) is 24.3 Å². The van der Waals surface area contributed by atoms with Gasteiger partial charge in [-0.25, -0.2) is 0 Å². The van der Waals surface area contributed by atoms with Crippen LogP contribution >= 0.6 is 0 Å². The van der Waals surface area contributed by atoms with E-state index in [9.17, 15) is 9.59 Å². The van der Waals surface area contributed by atoms with E-state index >= 15 is 0 Å². The first-order valence-corrected chi connectivity index (χ1v) is 11.2. The topological polar surface area (TPSA) is 79.5 Å². The van der Waals surface area contributed by atoms with Crippen LogP contribution in [0.5, 0.6) is 5.75 Å². The van der Waals surface area contributed by atoms with E-state index < -0.39 is 0 Å². The zero-order valence-electron chi connectivity index (χ0n) is 18.9. The highest BCUT2D eigenvalue weighted by atomic mass is 16.5. The Bertz CT molecular complexity index is 821. The van der Waals surface area contributed by atoms with Gasteiger partial charge in [0.1, 0.15) is 5.75 Å². The molecule has 2 amide bonds. The summed E-state index contributed by atoms with van der Waals surface area (Å²) in [6, 6.07) is 14.6. The van der Waals surface area contributed by atoms with Crippen LogP contribution in [0.3, 0.4) is 0 Å². The van der Waals surface area contributed by atoms with Crippen molar-refractivity contribution in [3.63, 3.8) is 0 Å². The third kappa shape index (κ3) is 9.11. The maximum atomic E-state index is 12.3. The fraction of sp³-hybridized carbons (Fsp3) is 0.440. The van der Waals surface area contributed by atoms with Crippen molar-refractivity contribution in [1.82, 2.24) is 5.32 Å². The van der Waals surface area contributed by atoms with Crippen LogP contribution in [0.2, 0.25) is 0 Å². The van der Waals surface area contributed by atoms with E-state index in [1.54, 1.807) is 24.3 Å². The lowest BCUT2D eigenvalue weighted by atomic mass is 10.1. The van der Waals surface area contributed by atoms with Gasteiger partial charge in [0.2, 0.25) is 5.91 Å². The number of hydrogen-bond acceptors (Lipinski definition) is 4. The van der Waals surface area contributed by atoms with Gasteiger partial charge >= 0.3 is 0 Å². The van der Waals surface area contributed by atoms with Crippen molar-refractivity contribution >= 4 is 23.2 Å². The lowest BCUT2D eigenvalue weighted by Gasteiger charge is -2.12. The molecule has 0 fully saturated rings. The minimum absolute atomic E-state index is 0.110. The zero-order valence-corrected chi connectivity index (χ0v) is 18.9. The van der Waals surface area contributed by atoms with Gasteiger partial charge in [0.25, 0.3) is 5.91 Å². The van der Waals surface area contributed by atoms with Crippen LogP contribution in [-0.2, 0) is 4.79 Å². The molecule has 2 aromatic carbocycles. The lowest BCUT2D eigenvalue weighted by Crippen LogP contribution is -2.31. The van der Waals surface area contributed by atoms with E-state index in [1.165, 1.54) is 19.3 Å². The Morgan fingerprint density at radius 2 is 1.74 bits per heavy atom. The van der Waals surface area contributed by atoms with Gasteiger partial charge in [-0.2, -0.15) is 0 Å². The standard InChI is InChI=1S/C25H35N3O3/c1-4-6-7-8-16-31-23-11-9-10-22(17-23)26-18-24(29)28-21-14-12-20(13-15-21)25(30)27-19(3)5-2/h9-15,17,19,26H,4-8,16,18H2,1-3H3,(H,27,30)(H,28,29). The van der Waals surface area contributed by atoms with Gasteiger partial charge < -0.3 is 20.7 Å². The van der Waals surface area contributed by atoms with E-state index in [-0.39, 0.29) is 24.4 Å². The predicted octanol–water partition coefficient (Wildman–Crippen LogP) is 5.22. The summed E-state index contributed by atoms with van der Waals surface area (Å²) in [5.41, 5.74) is 2.05. The van der Waals surface area contributed by atoms with Gasteiger partial charge in [-0.05, 0) is 56.2 Å². The molecule has 0 aliphatic rings. The second-order valence-corrected chi connectivity index (χ2v) is 7.70. The van der Waals surface area contributed by atoms with Crippen LogP contribution in [0.15, 0.2) is 48.5 Å². The van der Waals surface area contributed by atoms with E-state index in [1.807, 2.05) is 38.1 Å². The van der Waals surface area contributed by atoms with Crippen molar-refractivity contribution in [2.24, 2.45) is 0 Å². The summed E-state index contributed by atoms with van der Waals surface area (Å²) in [6.07, 6.45) is 5.54. The highest BCUT2D eigenvalue weighted by molar-refractivity contribution is 5.96. The third-order valence-electron chi connectivity index (χ3n) is 4.97. The largest absolute Gasteiger partial charge is 0.494 e. The molecule has 0 aromatic heterocycles. The fourth-order valence-electron chi connectivity index (χ4n) is 2.92. The van der Waals surface area contributed by atoms with Crippen LogP contribution < -0.4 is 20.7 Å². The summed E-state index contributed by atoms with van der Waals surface area (Å²) in [4.78, 5) is 24.4. The van der Waals surface area contributed by atoms with Gasteiger partial charge in [-0.15, -0.1) is 0 Å². The van der Waals surface area contributed by atoms with Crippen molar-refractivity contribution in [1.29, 1.82) is 0 Å². The van der Waals surface area contributed by atoms with Crippen molar-refractivity contribution in [3.05, 3.63) is 54.1 Å². The number of rotatable bonds is 13. The van der Waals surface area contributed by atoms with Gasteiger partial charge in [0.15, 0.2) is 0 Å². The maximum Gasteiger partial charge on any atom is 0.251 e. The number of unbranched alkanes of at least 4 members (excludes halogenated alkanes) is 3. The molecular formula is C25H35N3O3. The normalized spacial score (nSPS) is 11.5. The SMILES string of the molecule is CCCCCCOc1cccc(NCC(=O)Nc2ccc(C(=O)NC(C)CC)cc2)c1. The molecule has 0 saturated heterocycles. The second-order valence-electron chi connectivity index (χ2n) is 7.70. The minimum Gasteiger partial charge on any atom is -0.494 e. The molecule has 0 aliphatic heterocycles. The lowest BCUT2D eigenvalue weighted by molar-refractivity contribution is -0.114. The molecule has 0 aliphatic carbocycles. The maximum absolute atomic E-state index is 12.3. The molecule has 0 heterocycles. The van der Waals surface area contributed by atoms with Crippen LogP contribution in [0.1, 0.15) is 63.2 Å². The molecule has 0 bridgehead atoms. The van der Waals surface area contributed by atoms with Crippen molar-refractivity contribution in [2.75, 3.05) is 23.8 Å². The molecule has 168 valence electrons. The molecule has 6 nitrogen and oxygen atoms in total. The van der Waals surface area contributed by atoms with Gasteiger partial charge in [-0.1, -0.05) is 39.2 Å². The van der Waals surface area contributed by atoms with Gasteiger partial charge in [0.05, 0.1) is 13.2 Å². The first kappa shape index (κ1) is 24.3. The Balaban J connectivity index is 1.77. The predicted molar refractivity (Wildman–Crippen MR) is 127 cm³/mol. The number of nitrogens with one attached hydrogen (secondary N) is 3. The molecule has 2 rings (SSSR count). The molecule has 6 heteroatoms. The summed E-state index contributed by atoms with van der Waals surface area (Å²) in [5.74, 6) is 0.525. The molecule has 2 aromatic rings. The van der Waals surface area contributed by atoms with Crippen LogP contribution in [0.4, 0.5) is 11.4 Å². The minimum atomic E-state index is -0.164. The van der Waals surface area contributed by atoms with Crippen LogP contribution in [0.25, 0.3) is 0 Å². The van der Waals surface area contributed by atoms with Crippen molar-refractivity contribution < 1.29 is 14.3 Å². The fourth-order valence-corrected chi connectivity index (χ4v) is 2.92. The number of ether oxygens (including phenoxy) is 1. The smallest absolute Gasteiger partial charge is 0.251 e. The summed E-state index contributed by atoms with van der Waals surface area (Å²) in [6.45, 7) is 7.02. The molecule has 0 radical (unpaired) electrons. The summed E-state index contributed by atoms with van der Waals surface area (Å²) < 4.78 is 5.78. The molecular weight excluding hydrogens is 390 g/mol. The highest BCUT2D eigenvalue weighted by Gasteiger charge is 2.09. The third-order valence-corrected chi connectivity index (χ3v) is 4.97. The number of benzene rings is 2. The molecule has 0 spiro atoms. The van der Waals surface area contributed by atoms with E-state index in [4.69, 9.17) is 4.74 Å². The Morgan fingerprint density at radius 1 is 0.968 bits per heavy atom. The zero-order chi connectivity index (χ0) is 22.5.